The third-order valence-corrected chi connectivity index (χ3v) is 3.59. The molecule has 0 unspecified atom stereocenters. The summed E-state index contributed by atoms with van der Waals surface area (Å²) < 4.78 is 5.26. The molecule has 0 amide bonds. The van der Waals surface area contributed by atoms with Crippen molar-refractivity contribution < 1.29 is 9.53 Å². The monoisotopic (exact) mass is 216 g/mol. The number of carbonyl (C=O) groups excluding carboxylic acids is 1. The van der Waals surface area contributed by atoms with Gasteiger partial charge in [-0.2, -0.15) is 11.8 Å². The summed E-state index contributed by atoms with van der Waals surface area (Å²) in [5, 5.41) is 0.564. The Hall–Kier alpha value is -0.0200. The lowest BCUT2D eigenvalue weighted by Gasteiger charge is -2.21. The molecule has 3 heteroatoms. The largest absolute Gasteiger partial charge is 0.381 e. The van der Waals surface area contributed by atoms with E-state index in [9.17, 15) is 4.79 Å². The van der Waals surface area contributed by atoms with Crippen LogP contribution in [0, 0.1) is 5.92 Å². The Morgan fingerprint density at radius 3 is 2.64 bits per heavy atom. The summed E-state index contributed by atoms with van der Waals surface area (Å²) in [5.74, 6) is 1.69. The fourth-order valence-electron chi connectivity index (χ4n) is 1.59. The molecule has 1 heterocycles. The Morgan fingerprint density at radius 1 is 1.43 bits per heavy atom. The third-order valence-electron chi connectivity index (χ3n) is 2.43. The second-order valence-electron chi connectivity index (χ2n) is 4.16. The van der Waals surface area contributed by atoms with E-state index in [1.807, 2.05) is 0 Å². The van der Waals surface area contributed by atoms with Crippen molar-refractivity contribution in [3.63, 3.8) is 0 Å². The normalized spacial score (nSPS) is 18.8. The molecule has 0 aromatic heterocycles. The molecule has 0 atom stereocenters. The summed E-state index contributed by atoms with van der Waals surface area (Å²) in [6, 6.07) is 0. The van der Waals surface area contributed by atoms with Crippen LogP contribution in [0.2, 0.25) is 0 Å². The second kappa shape index (κ2) is 6.46. The van der Waals surface area contributed by atoms with Gasteiger partial charge >= 0.3 is 0 Å². The molecule has 0 aliphatic carbocycles. The van der Waals surface area contributed by atoms with Crippen molar-refractivity contribution >= 4 is 17.5 Å². The van der Waals surface area contributed by atoms with Crippen LogP contribution in [0.25, 0.3) is 0 Å². The average molecular weight is 216 g/mol. The minimum absolute atomic E-state index is 0.413. The topological polar surface area (TPSA) is 26.3 Å². The van der Waals surface area contributed by atoms with Gasteiger partial charge in [0.2, 0.25) is 0 Å². The number of ketones is 1. The molecular formula is C11H20O2S. The highest BCUT2D eigenvalue weighted by Crippen LogP contribution is 2.20. The molecule has 1 aliphatic heterocycles. The Bertz CT molecular complexity index is 174. The first kappa shape index (κ1) is 12.1. The molecule has 0 aromatic rings. The molecule has 0 saturated carbocycles. The van der Waals surface area contributed by atoms with Crippen LogP contribution in [0.1, 0.15) is 33.1 Å². The lowest BCUT2D eigenvalue weighted by molar-refractivity contribution is -0.118. The molecule has 0 bridgehead atoms. The minimum Gasteiger partial charge on any atom is -0.381 e. The van der Waals surface area contributed by atoms with Gasteiger partial charge in [-0.05, 0) is 24.0 Å². The second-order valence-corrected chi connectivity index (χ2v) is 5.72. The van der Waals surface area contributed by atoms with Crippen LogP contribution in [0.4, 0.5) is 0 Å². The van der Waals surface area contributed by atoms with Crippen molar-refractivity contribution in [3.8, 4) is 0 Å². The average Bonchev–Trinajstić information content (AvgIpc) is 2.16. The highest BCUT2D eigenvalue weighted by Gasteiger charge is 2.17. The lowest BCUT2D eigenvalue weighted by atomic mass is 9.95. The van der Waals surface area contributed by atoms with E-state index in [1.54, 1.807) is 11.8 Å². The first-order valence-corrected chi connectivity index (χ1v) is 6.44. The van der Waals surface area contributed by atoms with Crippen LogP contribution in [-0.2, 0) is 9.53 Å². The Morgan fingerprint density at radius 2 is 2.07 bits per heavy atom. The maximum absolute atomic E-state index is 11.6. The lowest BCUT2D eigenvalue weighted by Crippen LogP contribution is -2.19. The van der Waals surface area contributed by atoms with Crippen molar-refractivity contribution in [2.75, 3.05) is 19.0 Å². The highest BCUT2D eigenvalue weighted by molar-refractivity contribution is 8.00. The van der Waals surface area contributed by atoms with E-state index in [0.29, 0.717) is 22.7 Å². The van der Waals surface area contributed by atoms with E-state index < -0.39 is 0 Å². The van der Waals surface area contributed by atoms with Gasteiger partial charge in [0.1, 0.15) is 5.78 Å². The van der Waals surface area contributed by atoms with Gasteiger partial charge < -0.3 is 4.74 Å². The van der Waals surface area contributed by atoms with Crippen molar-refractivity contribution in [1.82, 2.24) is 0 Å². The Kier molecular flexibility index (Phi) is 5.56. The Balaban J connectivity index is 2.12. The van der Waals surface area contributed by atoms with Crippen molar-refractivity contribution in [1.29, 1.82) is 0 Å². The molecular weight excluding hydrogens is 196 g/mol. The van der Waals surface area contributed by atoms with Crippen molar-refractivity contribution in [2.45, 2.75) is 38.4 Å². The first-order chi connectivity index (χ1) is 6.68. The summed E-state index contributed by atoms with van der Waals surface area (Å²) >= 11 is 1.75. The minimum atomic E-state index is 0.413. The molecule has 0 radical (unpaired) electrons. The van der Waals surface area contributed by atoms with Gasteiger partial charge in [0.25, 0.3) is 0 Å². The number of thioether (sulfide) groups is 1. The summed E-state index contributed by atoms with van der Waals surface area (Å²) in [5.41, 5.74) is 0. The van der Waals surface area contributed by atoms with Gasteiger partial charge in [0.05, 0.1) is 5.75 Å². The number of ether oxygens (including phenoxy) is 1. The van der Waals surface area contributed by atoms with Crippen molar-refractivity contribution in [3.05, 3.63) is 0 Å². The molecule has 2 nitrogen and oxygen atoms in total. The van der Waals surface area contributed by atoms with Crippen LogP contribution in [0.5, 0.6) is 0 Å². The number of rotatable bonds is 5. The van der Waals surface area contributed by atoms with Crippen LogP contribution >= 0.6 is 11.8 Å². The van der Waals surface area contributed by atoms with Gasteiger partial charge in [0.15, 0.2) is 0 Å². The van der Waals surface area contributed by atoms with Crippen LogP contribution < -0.4 is 0 Å². The van der Waals surface area contributed by atoms with Gasteiger partial charge in [-0.25, -0.2) is 0 Å². The summed E-state index contributed by atoms with van der Waals surface area (Å²) in [4.78, 5) is 11.6. The zero-order valence-electron chi connectivity index (χ0n) is 9.12. The predicted octanol–water partition coefficient (Wildman–Crippen LogP) is 2.51. The molecule has 1 aliphatic rings. The van der Waals surface area contributed by atoms with Crippen LogP contribution in [0.3, 0.4) is 0 Å². The quantitative estimate of drug-likeness (QED) is 0.706. The van der Waals surface area contributed by atoms with Crippen LogP contribution in [-0.4, -0.2) is 30.0 Å². The van der Waals surface area contributed by atoms with E-state index in [0.717, 1.165) is 32.5 Å². The van der Waals surface area contributed by atoms with E-state index >= 15 is 0 Å². The SMILES string of the molecule is CC(C)SCC(=O)CC1CCOCC1. The fourth-order valence-corrected chi connectivity index (χ4v) is 2.23. The predicted molar refractivity (Wildman–Crippen MR) is 60.8 cm³/mol. The molecule has 0 aromatic carbocycles. The standard InChI is InChI=1S/C11H20O2S/c1-9(2)14-8-11(12)7-10-3-5-13-6-4-10/h9-10H,3-8H2,1-2H3. The first-order valence-electron chi connectivity index (χ1n) is 5.39. The fraction of sp³-hybridized carbons (Fsp3) is 0.909. The van der Waals surface area contributed by atoms with Gasteiger partial charge in [-0.3, -0.25) is 4.79 Å². The number of carbonyl (C=O) groups is 1. The third kappa shape index (κ3) is 5.01. The molecule has 0 N–H and O–H groups in total. The Labute approximate surface area is 90.8 Å². The summed E-state index contributed by atoms with van der Waals surface area (Å²) in [6.45, 7) is 5.95. The van der Waals surface area contributed by atoms with E-state index in [-0.39, 0.29) is 0 Å². The molecule has 82 valence electrons. The molecule has 1 saturated heterocycles. The maximum Gasteiger partial charge on any atom is 0.143 e. The number of hydrogen-bond donors (Lipinski definition) is 0. The molecule has 1 fully saturated rings. The molecule has 0 spiro atoms. The number of hydrogen-bond acceptors (Lipinski definition) is 3. The zero-order chi connectivity index (χ0) is 10.4. The number of Topliss-reactive ketones (excluding diaryl/α,β-unsaturated/α-hetero) is 1. The van der Waals surface area contributed by atoms with Crippen LogP contribution in [0.15, 0.2) is 0 Å². The smallest absolute Gasteiger partial charge is 0.143 e. The van der Waals surface area contributed by atoms with Crippen molar-refractivity contribution in [2.24, 2.45) is 5.92 Å². The van der Waals surface area contributed by atoms with E-state index in [2.05, 4.69) is 13.8 Å². The summed E-state index contributed by atoms with van der Waals surface area (Å²) in [6.07, 6.45) is 2.90. The molecule has 14 heavy (non-hydrogen) atoms. The van der Waals surface area contributed by atoms with E-state index in [4.69, 9.17) is 4.74 Å². The molecule has 1 rings (SSSR count). The zero-order valence-corrected chi connectivity index (χ0v) is 9.94. The highest BCUT2D eigenvalue weighted by atomic mass is 32.2. The van der Waals surface area contributed by atoms with E-state index in [1.165, 1.54) is 0 Å². The van der Waals surface area contributed by atoms with Gasteiger partial charge in [-0.1, -0.05) is 13.8 Å². The summed E-state index contributed by atoms with van der Waals surface area (Å²) in [7, 11) is 0. The van der Waals surface area contributed by atoms with Gasteiger partial charge in [-0.15, -0.1) is 0 Å². The maximum atomic E-state index is 11.6. The van der Waals surface area contributed by atoms with Gasteiger partial charge in [0, 0.05) is 19.6 Å².